The van der Waals surface area contributed by atoms with Gasteiger partial charge in [-0.25, -0.2) is 9.19 Å². The lowest BCUT2D eigenvalue weighted by Gasteiger charge is -2.37. The van der Waals surface area contributed by atoms with Crippen LogP contribution in [0.25, 0.3) is 11.0 Å². The molecule has 4 rings (SSSR count). The summed E-state index contributed by atoms with van der Waals surface area (Å²) in [7, 11) is 0.227. The summed E-state index contributed by atoms with van der Waals surface area (Å²) in [6.07, 6.45) is 3.98. The fourth-order valence-electron chi connectivity index (χ4n) is 3.68. The molecule has 0 bridgehead atoms. The van der Waals surface area contributed by atoms with Crippen LogP contribution in [0.1, 0.15) is 18.9 Å². The Morgan fingerprint density at radius 3 is 3.04 bits per heavy atom. The van der Waals surface area contributed by atoms with Crippen LogP contribution in [0.3, 0.4) is 0 Å². The fourth-order valence-corrected chi connectivity index (χ4v) is 4.90. The Morgan fingerprint density at radius 1 is 1.41 bits per heavy atom. The normalized spacial score (nSPS) is 17.6. The van der Waals surface area contributed by atoms with Crippen molar-refractivity contribution in [3.05, 3.63) is 54.6 Å². The van der Waals surface area contributed by atoms with Crippen LogP contribution in [0.15, 0.2) is 59.1 Å². The standard InChI is InChI=1S/C21H23N3O2S/c1-4-12-24-14(2)8-9-15-6-5-7-19(20(15)24)27(25)21-22-17-11-10-16(26-3)13-18(17)23-21/h4-7,10-11,13-14H,1,8-9,12H2,2-3H3,(H,22,23). The van der Waals surface area contributed by atoms with Crippen molar-refractivity contribution in [3.63, 3.8) is 0 Å². The number of aromatic amines is 1. The maximum absolute atomic E-state index is 13.4. The van der Waals surface area contributed by atoms with Crippen molar-refractivity contribution in [3.8, 4) is 5.75 Å². The number of benzene rings is 2. The van der Waals surface area contributed by atoms with E-state index in [1.165, 1.54) is 5.56 Å². The molecule has 27 heavy (non-hydrogen) atoms. The lowest BCUT2D eigenvalue weighted by atomic mass is 9.96. The predicted molar refractivity (Wildman–Crippen MR) is 109 cm³/mol. The Morgan fingerprint density at radius 2 is 2.26 bits per heavy atom. The third-order valence-corrected chi connectivity index (χ3v) is 6.38. The van der Waals surface area contributed by atoms with Crippen molar-refractivity contribution in [2.45, 2.75) is 35.9 Å². The molecule has 2 atom stereocenters. The third kappa shape index (κ3) is 3.14. The summed E-state index contributed by atoms with van der Waals surface area (Å²) in [6, 6.07) is 12.0. The second-order valence-electron chi connectivity index (χ2n) is 6.79. The predicted octanol–water partition coefficient (Wildman–Crippen LogP) is 4.07. The minimum atomic E-state index is -1.40. The summed E-state index contributed by atoms with van der Waals surface area (Å²) in [5.41, 5.74) is 3.89. The summed E-state index contributed by atoms with van der Waals surface area (Å²) >= 11 is 0. The van der Waals surface area contributed by atoms with Gasteiger partial charge in [-0.2, -0.15) is 0 Å². The number of para-hydroxylation sites is 1. The van der Waals surface area contributed by atoms with Gasteiger partial charge in [0.2, 0.25) is 5.16 Å². The molecule has 0 saturated carbocycles. The fraction of sp³-hybridized carbons (Fsp3) is 0.286. The third-order valence-electron chi connectivity index (χ3n) is 5.10. The number of imidazole rings is 1. The van der Waals surface area contributed by atoms with Gasteiger partial charge in [-0.15, -0.1) is 6.58 Å². The molecule has 1 aliphatic heterocycles. The van der Waals surface area contributed by atoms with E-state index in [-0.39, 0.29) is 0 Å². The van der Waals surface area contributed by atoms with Crippen molar-refractivity contribution in [1.82, 2.24) is 9.97 Å². The lowest BCUT2D eigenvalue weighted by molar-refractivity contribution is 0.415. The number of fused-ring (bicyclic) bond motifs is 2. The van der Waals surface area contributed by atoms with Gasteiger partial charge in [-0.1, -0.05) is 18.2 Å². The number of nitrogens with one attached hydrogen (secondary N) is 1. The first-order valence-corrected chi connectivity index (χ1v) is 10.2. The van der Waals surface area contributed by atoms with E-state index >= 15 is 0 Å². The van der Waals surface area contributed by atoms with Crippen molar-refractivity contribution >= 4 is 27.5 Å². The molecular formula is C21H23N3O2S. The van der Waals surface area contributed by atoms with Gasteiger partial charge in [0, 0.05) is 18.7 Å². The summed E-state index contributed by atoms with van der Waals surface area (Å²) < 4.78 is 18.7. The Labute approximate surface area is 161 Å². The minimum Gasteiger partial charge on any atom is -0.497 e. The van der Waals surface area contributed by atoms with E-state index in [0.717, 1.165) is 46.8 Å². The molecule has 1 N–H and O–H groups in total. The minimum absolute atomic E-state index is 0.383. The second-order valence-corrected chi connectivity index (χ2v) is 8.15. The Kier molecular flexibility index (Phi) is 4.74. The van der Waals surface area contributed by atoms with Crippen molar-refractivity contribution < 1.29 is 8.95 Å². The highest BCUT2D eigenvalue weighted by atomic mass is 32.2. The average Bonchev–Trinajstić information content (AvgIpc) is 3.12. The number of aromatic nitrogens is 2. The van der Waals surface area contributed by atoms with Gasteiger partial charge in [-0.3, -0.25) is 0 Å². The van der Waals surface area contributed by atoms with Crippen molar-refractivity contribution in [2.75, 3.05) is 18.6 Å². The van der Waals surface area contributed by atoms with E-state index in [9.17, 15) is 4.21 Å². The summed E-state index contributed by atoms with van der Waals surface area (Å²) in [5.74, 6) is 0.742. The molecular weight excluding hydrogens is 358 g/mol. The topological polar surface area (TPSA) is 58.2 Å². The van der Waals surface area contributed by atoms with Crippen LogP contribution in [0.2, 0.25) is 0 Å². The smallest absolute Gasteiger partial charge is 0.202 e. The van der Waals surface area contributed by atoms with Gasteiger partial charge < -0.3 is 14.6 Å². The zero-order chi connectivity index (χ0) is 19.0. The number of anilines is 1. The average molecular weight is 382 g/mol. The molecule has 3 aromatic rings. The van der Waals surface area contributed by atoms with Gasteiger partial charge in [0.25, 0.3) is 0 Å². The number of methoxy groups -OCH3 is 1. The van der Waals surface area contributed by atoms with Gasteiger partial charge >= 0.3 is 0 Å². The Bertz CT molecular complexity index is 1030. The Hall–Kier alpha value is -2.60. The number of rotatable bonds is 5. The van der Waals surface area contributed by atoms with Crippen molar-refractivity contribution in [1.29, 1.82) is 0 Å². The zero-order valence-electron chi connectivity index (χ0n) is 15.6. The molecule has 5 nitrogen and oxygen atoms in total. The summed E-state index contributed by atoms with van der Waals surface area (Å²) in [5, 5.41) is 0.462. The first-order chi connectivity index (χ1) is 13.1. The quantitative estimate of drug-likeness (QED) is 0.677. The SMILES string of the molecule is C=CCN1c2c(cccc2S(=O)c2nc3ccc(OC)cc3[nH]2)CCC1C. The van der Waals surface area contributed by atoms with Crippen LogP contribution in [0.4, 0.5) is 5.69 Å². The largest absolute Gasteiger partial charge is 0.497 e. The number of hydrogen-bond acceptors (Lipinski definition) is 4. The van der Waals surface area contributed by atoms with E-state index < -0.39 is 10.8 Å². The van der Waals surface area contributed by atoms with E-state index in [1.807, 2.05) is 36.4 Å². The molecule has 140 valence electrons. The van der Waals surface area contributed by atoms with Crippen LogP contribution in [0, 0.1) is 0 Å². The Balaban J connectivity index is 1.80. The molecule has 0 saturated heterocycles. The molecule has 1 aromatic heterocycles. The summed E-state index contributed by atoms with van der Waals surface area (Å²) in [6.45, 7) is 6.84. The van der Waals surface area contributed by atoms with E-state index in [1.54, 1.807) is 7.11 Å². The summed E-state index contributed by atoms with van der Waals surface area (Å²) in [4.78, 5) is 10.9. The number of ether oxygens (including phenoxy) is 1. The molecule has 2 aromatic carbocycles. The monoisotopic (exact) mass is 381 g/mol. The van der Waals surface area contributed by atoms with Gasteiger partial charge in [0.1, 0.15) is 16.5 Å². The molecule has 0 radical (unpaired) electrons. The van der Waals surface area contributed by atoms with E-state index in [4.69, 9.17) is 4.74 Å². The molecule has 6 heteroatoms. The van der Waals surface area contributed by atoms with Crippen molar-refractivity contribution in [2.24, 2.45) is 0 Å². The number of hydrogen-bond donors (Lipinski definition) is 1. The maximum atomic E-state index is 13.4. The second kappa shape index (κ2) is 7.19. The number of aryl methyl sites for hydroxylation is 1. The maximum Gasteiger partial charge on any atom is 0.202 e. The highest BCUT2D eigenvalue weighted by molar-refractivity contribution is 7.85. The number of nitrogens with zero attached hydrogens (tertiary/aromatic N) is 2. The molecule has 0 aliphatic carbocycles. The van der Waals surface area contributed by atoms with Gasteiger partial charge in [0.15, 0.2) is 0 Å². The molecule has 0 fully saturated rings. The molecule has 2 unspecified atom stereocenters. The van der Waals surface area contributed by atoms with Crippen LogP contribution >= 0.6 is 0 Å². The number of H-pyrrole nitrogens is 1. The first kappa shape index (κ1) is 17.8. The van der Waals surface area contributed by atoms with Crippen LogP contribution in [-0.4, -0.2) is 33.9 Å². The van der Waals surface area contributed by atoms with Gasteiger partial charge in [0.05, 0.1) is 28.7 Å². The molecule has 1 aliphatic rings. The van der Waals surface area contributed by atoms with E-state index in [0.29, 0.717) is 11.2 Å². The first-order valence-electron chi connectivity index (χ1n) is 9.07. The highest BCUT2D eigenvalue weighted by Gasteiger charge is 2.28. The van der Waals surface area contributed by atoms with E-state index in [2.05, 4.69) is 34.4 Å². The highest BCUT2D eigenvalue weighted by Crippen LogP contribution is 2.37. The molecule has 0 amide bonds. The van der Waals surface area contributed by atoms with Gasteiger partial charge in [-0.05, 0) is 43.5 Å². The zero-order valence-corrected chi connectivity index (χ0v) is 16.4. The van der Waals surface area contributed by atoms with Crippen LogP contribution in [-0.2, 0) is 17.2 Å². The molecule has 2 heterocycles. The van der Waals surface area contributed by atoms with Crippen LogP contribution in [0.5, 0.6) is 5.75 Å². The van der Waals surface area contributed by atoms with Crippen LogP contribution < -0.4 is 9.64 Å². The molecule has 0 spiro atoms. The lowest BCUT2D eigenvalue weighted by Crippen LogP contribution is -2.38.